The normalized spacial score (nSPS) is 23.5. The average molecular weight is 326 g/mol. The van der Waals surface area contributed by atoms with Gasteiger partial charge in [-0.2, -0.15) is 0 Å². The number of β-amino-alcohol motifs (C(OH)–C–C–N with tert-alkyl or cyclic N) is 1. The molecule has 3 nitrogen and oxygen atoms in total. The molecule has 0 aliphatic carbocycles. The lowest BCUT2D eigenvalue weighted by Gasteiger charge is -2.40. The van der Waals surface area contributed by atoms with E-state index < -0.39 is 6.10 Å². The minimum atomic E-state index is -0.485. The minimum absolute atomic E-state index is 0.485. The van der Waals surface area contributed by atoms with E-state index in [1.54, 1.807) is 0 Å². The van der Waals surface area contributed by atoms with Crippen molar-refractivity contribution in [1.29, 1.82) is 0 Å². The molecule has 0 radical (unpaired) electrons. The van der Waals surface area contributed by atoms with Gasteiger partial charge in [-0.25, -0.2) is 0 Å². The average Bonchev–Trinajstić information content (AvgIpc) is 2.58. The number of aliphatic hydroxyl groups is 1. The van der Waals surface area contributed by atoms with Crippen molar-refractivity contribution in [1.82, 2.24) is 9.88 Å². The fraction of sp³-hybridized carbons (Fsp3) is 0.571. The van der Waals surface area contributed by atoms with Crippen molar-refractivity contribution in [3.63, 3.8) is 0 Å². The number of hydrogen-bond donors (Lipinski definition) is 1. The third kappa shape index (κ3) is 3.62. The Morgan fingerprint density at radius 3 is 2.62 bits per heavy atom. The Balaban J connectivity index is 1.88. The van der Waals surface area contributed by atoms with Crippen LogP contribution < -0.4 is 0 Å². The highest BCUT2D eigenvalue weighted by Crippen LogP contribution is 2.28. The number of likely N-dealkylation sites (tertiary alicyclic amines) is 1. The second-order valence-corrected chi connectivity index (χ2v) is 7.31. The third-order valence-electron chi connectivity index (χ3n) is 5.43. The zero-order chi connectivity index (χ0) is 17.1. The largest absolute Gasteiger partial charge is 0.387 e. The van der Waals surface area contributed by atoms with Gasteiger partial charge < -0.3 is 5.11 Å². The Morgan fingerprint density at radius 2 is 1.92 bits per heavy atom. The molecule has 2 heterocycles. The lowest BCUT2D eigenvalue weighted by atomic mass is 9.95. The van der Waals surface area contributed by atoms with Crippen LogP contribution in [0, 0.1) is 0 Å². The van der Waals surface area contributed by atoms with Gasteiger partial charge in [-0.05, 0) is 39.2 Å². The zero-order valence-corrected chi connectivity index (χ0v) is 15.2. The topological polar surface area (TPSA) is 36.4 Å². The molecule has 0 amide bonds. The van der Waals surface area contributed by atoms with E-state index in [-0.39, 0.29) is 0 Å². The van der Waals surface area contributed by atoms with Crippen molar-refractivity contribution in [2.45, 2.75) is 71.1 Å². The van der Waals surface area contributed by atoms with Crippen LogP contribution in [0.2, 0.25) is 0 Å². The summed E-state index contributed by atoms with van der Waals surface area (Å²) in [6, 6.07) is 11.5. The van der Waals surface area contributed by atoms with Gasteiger partial charge in [0, 0.05) is 35.3 Å². The number of hydrogen-bond acceptors (Lipinski definition) is 3. The maximum Gasteiger partial charge on any atom is 0.0938 e. The van der Waals surface area contributed by atoms with Gasteiger partial charge in [0.15, 0.2) is 0 Å². The molecule has 130 valence electrons. The number of rotatable bonds is 5. The van der Waals surface area contributed by atoms with Crippen molar-refractivity contribution >= 4 is 10.9 Å². The molecule has 3 rings (SSSR count). The molecular weight excluding hydrogens is 296 g/mol. The smallest absolute Gasteiger partial charge is 0.0938 e. The molecule has 1 saturated heterocycles. The predicted octanol–water partition coefficient (Wildman–Crippen LogP) is 4.48. The summed E-state index contributed by atoms with van der Waals surface area (Å²) < 4.78 is 0. The number of pyridine rings is 1. The van der Waals surface area contributed by atoms with Crippen LogP contribution in [-0.2, 0) is 6.42 Å². The first kappa shape index (κ1) is 17.4. The summed E-state index contributed by atoms with van der Waals surface area (Å²) in [6.45, 7) is 7.43. The van der Waals surface area contributed by atoms with Crippen LogP contribution in [-0.4, -0.2) is 33.6 Å². The van der Waals surface area contributed by atoms with Gasteiger partial charge >= 0.3 is 0 Å². The molecule has 2 aromatic rings. The Labute approximate surface area is 145 Å². The number of para-hydroxylation sites is 1. The van der Waals surface area contributed by atoms with E-state index >= 15 is 0 Å². The predicted molar refractivity (Wildman–Crippen MR) is 100 cm³/mol. The van der Waals surface area contributed by atoms with Crippen LogP contribution in [0.5, 0.6) is 0 Å². The number of fused-ring (bicyclic) bond motifs is 1. The van der Waals surface area contributed by atoms with E-state index in [2.05, 4.69) is 43.9 Å². The summed E-state index contributed by atoms with van der Waals surface area (Å²) in [5.41, 5.74) is 3.05. The molecule has 3 heteroatoms. The van der Waals surface area contributed by atoms with Crippen LogP contribution in [0.4, 0.5) is 0 Å². The molecule has 3 unspecified atom stereocenters. The van der Waals surface area contributed by atoms with Crippen LogP contribution in [0.3, 0.4) is 0 Å². The number of piperidine rings is 1. The standard InChI is InChI=1S/C21H30N2O/c1-4-7-18-13-12-17-10-6-11-19(21(17)22-18)20(24)14-23-15(2)8-5-9-16(23)3/h6,10-13,15-16,20,24H,4-5,7-9,14H2,1-3H3. The number of aliphatic hydroxyl groups excluding tert-OH is 1. The second kappa shape index (κ2) is 7.62. The summed E-state index contributed by atoms with van der Waals surface area (Å²) in [4.78, 5) is 7.30. The first-order chi connectivity index (χ1) is 11.6. The highest BCUT2D eigenvalue weighted by molar-refractivity contribution is 5.82. The van der Waals surface area contributed by atoms with E-state index in [0.29, 0.717) is 18.6 Å². The van der Waals surface area contributed by atoms with Crippen LogP contribution in [0.15, 0.2) is 30.3 Å². The molecule has 3 atom stereocenters. The first-order valence-electron chi connectivity index (χ1n) is 9.42. The number of benzene rings is 1. The molecule has 1 aliphatic heterocycles. The molecule has 0 saturated carbocycles. The van der Waals surface area contributed by atoms with Gasteiger partial charge in [-0.3, -0.25) is 9.88 Å². The maximum absolute atomic E-state index is 10.9. The molecule has 1 aromatic heterocycles. The summed E-state index contributed by atoms with van der Waals surface area (Å²) >= 11 is 0. The fourth-order valence-corrected chi connectivity index (χ4v) is 4.01. The van der Waals surface area contributed by atoms with E-state index in [4.69, 9.17) is 4.98 Å². The van der Waals surface area contributed by atoms with Gasteiger partial charge in [-0.15, -0.1) is 0 Å². The van der Waals surface area contributed by atoms with Crippen LogP contribution in [0.1, 0.15) is 63.8 Å². The molecule has 0 bridgehead atoms. The Bertz CT molecular complexity index is 675. The quantitative estimate of drug-likeness (QED) is 0.880. The number of aromatic nitrogens is 1. The summed E-state index contributed by atoms with van der Waals surface area (Å²) in [5, 5.41) is 12.1. The fourth-order valence-electron chi connectivity index (χ4n) is 4.01. The van der Waals surface area contributed by atoms with Crippen molar-refractivity contribution in [3.8, 4) is 0 Å². The number of nitrogens with zero attached hydrogens (tertiary/aromatic N) is 2. The van der Waals surface area contributed by atoms with E-state index in [1.165, 1.54) is 19.3 Å². The third-order valence-corrected chi connectivity index (χ3v) is 5.43. The summed E-state index contributed by atoms with van der Waals surface area (Å²) in [6.07, 6.45) is 5.34. The SMILES string of the molecule is CCCc1ccc2cccc(C(O)CN3C(C)CCCC3C)c2n1. The van der Waals surface area contributed by atoms with Gasteiger partial charge in [0.1, 0.15) is 0 Å². The Hall–Kier alpha value is -1.45. The molecule has 1 aromatic carbocycles. The molecular formula is C21H30N2O. The van der Waals surface area contributed by atoms with Crippen molar-refractivity contribution < 1.29 is 5.11 Å². The summed E-state index contributed by atoms with van der Waals surface area (Å²) in [7, 11) is 0. The van der Waals surface area contributed by atoms with Crippen LogP contribution in [0.25, 0.3) is 10.9 Å². The molecule has 1 N–H and O–H groups in total. The van der Waals surface area contributed by atoms with Crippen molar-refractivity contribution in [2.24, 2.45) is 0 Å². The molecule has 1 aliphatic rings. The highest BCUT2D eigenvalue weighted by Gasteiger charge is 2.27. The monoisotopic (exact) mass is 326 g/mol. The van der Waals surface area contributed by atoms with Gasteiger partial charge in [0.05, 0.1) is 11.6 Å². The molecule has 0 spiro atoms. The lowest BCUT2D eigenvalue weighted by molar-refractivity contribution is 0.0416. The molecule has 1 fully saturated rings. The van der Waals surface area contributed by atoms with Gasteiger partial charge in [-0.1, -0.05) is 44.0 Å². The Kier molecular flexibility index (Phi) is 5.52. The lowest BCUT2D eigenvalue weighted by Crippen LogP contribution is -2.45. The van der Waals surface area contributed by atoms with Crippen molar-refractivity contribution in [2.75, 3.05) is 6.54 Å². The summed E-state index contributed by atoms with van der Waals surface area (Å²) in [5.74, 6) is 0. The van der Waals surface area contributed by atoms with Crippen LogP contribution >= 0.6 is 0 Å². The van der Waals surface area contributed by atoms with Crippen molar-refractivity contribution in [3.05, 3.63) is 41.6 Å². The van der Waals surface area contributed by atoms with Gasteiger partial charge in [0.2, 0.25) is 0 Å². The number of aryl methyl sites for hydroxylation is 1. The van der Waals surface area contributed by atoms with E-state index in [0.717, 1.165) is 35.0 Å². The second-order valence-electron chi connectivity index (χ2n) is 7.31. The Morgan fingerprint density at radius 1 is 1.17 bits per heavy atom. The van der Waals surface area contributed by atoms with E-state index in [9.17, 15) is 5.11 Å². The first-order valence-corrected chi connectivity index (χ1v) is 9.42. The highest BCUT2D eigenvalue weighted by atomic mass is 16.3. The minimum Gasteiger partial charge on any atom is -0.387 e. The zero-order valence-electron chi connectivity index (χ0n) is 15.2. The van der Waals surface area contributed by atoms with E-state index in [1.807, 2.05) is 12.1 Å². The van der Waals surface area contributed by atoms with Gasteiger partial charge in [0.25, 0.3) is 0 Å². The maximum atomic E-state index is 10.9. The molecule has 24 heavy (non-hydrogen) atoms.